The number of alkyl halides is 2. The number of amides is 4. The van der Waals surface area contributed by atoms with Crippen molar-refractivity contribution in [3.63, 3.8) is 0 Å². The van der Waals surface area contributed by atoms with Gasteiger partial charge in [0.2, 0.25) is 11.8 Å². The summed E-state index contributed by atoms with van der Waals surface area (Å²) in [4.78, 5) is 54.5. The summed E-state index contributed by atoms with van der Waals surface area (Å²) in [5.41, 5.74) is 1.82. The number of benzene rings is 3. The molecule has 4 amide bonds. The average molecular weight is 684 g/mol. The molecule has 0 radical (unpaired) electrons. The Bertz CT molecular complexity index is 1900. The third kappa shape index (κ3) is 4.04. The molecule has 4 aliphatic rings. The molecule has 1 saturated carbocycles. The van der Waals surface area contributed by atoms with Crippen LogP contribution in [-0.2, 0) is 19.2 Å². The van der Waals surface area contributed by atoms with Crippen molar-refractivity contribution in [2.24, 2.45) is 17.8 Å². The van der Waals surface area contributed by atoms with Gasteiger partial charge >= 0.3 is 0 Å². The highest BCUT2D eigenvalue weighted by atomic mass is 35.5. The van der Waals surface area contributed by atoms with E-state index >= 15 is 0 Å². The number of methoxy groups -OCH3 is 1. The van der Waals surface area contributed by atoms with Gasteiger partial charge < -0.3 is 9.84 Å². The van der Waals surface area contributed by atoms with Crippen LogP contribution in [0.15, 0.2) is 72.3 Å². The number of fused-ring (bicyclic) bond motifs is 4. The number of phenolic OH excluding ortho intramolecular Hbond substituents is 1. The highest BCUT2D eigenvalue weighted by molar-refractivity contribution is 6.58. The van der Waals surface area contributed by atoms with E-state index in [2.05, 4.69) is 0 Å². The standard InChI is InChI=1S/C34H26Cl3FN2O6/c1-16-3-6-19(13-25(16)35)39-29(42)22-11-10-21-24(27(22)30(39)43)15-33(36)31(44)40(18-7-4-17(38)5-8-18)32(45)34(33,37)28(21)23-14-20(46-2)9-12-26(23)41/h3-10,12-14,22,24,27-28,41H,11,15H2,1-2H3. The fraction of sp³-hybridized carbons (Fsp3) is 0.294. The third-order valence-corrected chi connectivity index (χ3v) is 11.7. The Balaban J connectivity index is 1.41. The normalized spacial score (nSPS) is 30.3. The van der Waals surface area contributed by atoms with Gasteiger partial charge in [-0.25, -0.2) is 14.2 Å². The van der Waals surface area contributed by atoms with Crippen molar-refractivity contribution in [2.75, 3.05) is 16.9 Å². The number of allylic oxidation sites excluding steroid dienone is 2. The summed E-state index contributed by atoms with van der Waals surface area (Å²) in [6.45, 7) is 1.80. The Morgan fingerprint density at radius 2 is 1.59 bits per heavy atom. The van der Waals surface area contributed by atoms with Crippen molar-refractivity contribution in [2.45, 2.75) is 35.4 Å². The van der Waals surface area contributed by atoms with Gasteiger partial charge in [-0.1, -0.05) is 29.3 Å². The Morgan fingerprint density at radius 1 is 0.891 bits per heavy atom. The van der Waals surface area contributed by atoms with Gasteiger partial charge in [0.15, 0.2) is 9.75 Å². The van der Waals surface area contributed by atoms with Crippen molar-refractivity contribution in [3.05, 3.63) is 94.3 Å². The van der Waals surface area contributed by atoms with Gasteiger partial charge in [-0.05, 0) is 85.8 Å². The Morgan fingerprint density at radius 3 is 2.26 bits per heavy atom. The number of hydrogen-bond donors (Lipinski definition) is 1. The second-order valence-corrected chi connectivity index (χ2v) is 13.8. The minimum absolute atomic E-state index is 0.0591. The molecular weight excluding hydrogens is 658 g/mol. The van der Waals surface area contributed by atoms with Crippen molar-refractivity contribution < 1.29 is 33.4 Å². The van der Waals surface area contributed by atoms with Crippen molar-refractivity contribution >= 4 is 69.8 Å². The second kappa shape index (κ2) is 10.6. The van der Waals surface area contributed by atoms with Gasteiger partial charge in [-0.15, -0.1) is 23.2 Å². The molecule has 2 heterocycles. The van der Waals surface area contributed by atoms with Crippen LogP contribution in [0, 0.1) is 30.5 Å². The number of ether oxygens (including phenoxy) is 1. The van der Waals surface area contributed by atoms with Gasteiger partial charge in [0.25, 0.3) is 11.8 Å². The lowest BCUT2D eigenvalue weighted by atomic mass is 9.56. The molecule has 1 N–H and O–H groups in total. The molecule has 2 aliphatic carbocycles. The maximum absolute atomic E-state index is 14.4. The van der Waals surface area contributed by atoms with Gasteiger partial charge in [0.1, 0.15) is 17.3 Å². The predicted octanol–water partition coefficient (Wildman–Crippen LogP) is 6.27. The maximum atomic E-state index is 14.4. The Kier molecular flexibility index (Phi) is 7.05. The van der Waals surface area contributed by atoms with Crippen molar-refractivity contribution in [3.8, 4) is 11.5 Å². The van der Waals surface area contributed by atoms with E-state index in [-0.39, 0.29) is 29.8 Å². The zero-order valence-corrected chi connectivity index (χ0v) is 26.7. The molecule has 6 unspecified atom stereocenters. The zero-order chi connectivity index (χ0) is 32.9. The van der Waals surface area contributed by atoms with Crippen molar-refractivity contribution in [1.82, 2.24) is 0 Å². The summed E-state index contributed by atoms with van der Waals surface area (Å²) in [6, 6.07) is 14.1. The van der Waals surface area contributed by atoms with E-state index < -0.39 is 62.9 Å². The number of anilines is 2. The summed E-state index contributed by atoms with van der Waals surface area (Å²) in [5, 5.41) is 11.6. The van der Waals surface area contributed by atoms with Crippen LogP contribution in [0.1, 0.15) is 29.9 Å². The summed E-state index contributed by atoms with van der Waals surface area (Å²) >= 11 is 21.1. The Hall–Kier alpha value is -3.92. The molecule has 0 bridgehead atoms. The molecule has 236 valence electrons. The van der Waals surface area contributed by atoms with Crippen LogP contribution >= 0.6 is 34.8 Å². The number of halogens is 4. The molecular formula is C34H26Cl3FN2O6. The lowest BCUT2D eigenvalue weighted by Crippen LogP contribution is -2.60. The molecule has 3 fully saturated rings. The lowest BCUT2D eigenvalue weighted by molar-refractivity contribution is -0.125. The van der Waals surface area contributed by atoms with E-state index in [9.17, 15) is 28.7 Å². The molecule has 6 atom stereocenters. The highest BCUT2D eigenvalue weighted by Gasteiger charge is 2.77. The Labute approximate surface area is 278 Å². The fourth-order valence-corrected chi connectivity index (χ4v) is 8.71. The SMILES string of the molecule is COc1ccc(O)c(C2C3=CCC4C(=O)N(c5ccc(C)c(Cl)c5)C(=O)C4C3CC3(Cl)C(=O)N(c4ccc(F)cc4)C(=O)C23Cl)c1. The molecule has 2 saturated heterocycles. The first-order valence-corrected chi connectivity index (χ1v) is 15.7. The first-order chi connectivity index (χ1) is 21.8. The molecule has 7 rings (SSSR count). The minimum Gasteiger partial charge on any atom is -0.508 e. The molecule has 0 spiro atoms. The van der Waals surface area contributed by atoms with E-state index in [0.717, 1.165) is 27.5 Å². The predicted molar refractivity (Wildman–Crippen MR) is 170 cm³/mol. The van der Waals surface area contributed by atoms with E-state index in [1.807, 2.05) is 0 Å². The van der Waals surface area contributed by atoms with E-state index in [1.165, 1.54) is 37.4 Å². The number of phenols is 1. The monoisotopic (exact) mass is 682 g/mol. The zero-order valence-electron chi connectivity index (χ0n) is 24.5. The average Bonchev–Trinajstić information content (AvgIpc) is 3.37. The number of aromatic hydroxyl groups is 1. The maximum Gasteiger partial charge on any atom is 0.258 e. The second-order valence-electron chi connectivity index (χ2n) is 12.1. The van der Waals surface area contributed by atoms with Crippen LogP contribution in [-0.4, -0.2) is 45.6 Å². The molecule has 3 aromatic rings. The number of carbonyl (C=O) groups excluding carboxylic acids is 4. The third-order valence-electron chi connectivity index (χ3n) is 9.86. The number of aryl methyl sites for hydroxylation is 1. The van der Waals surface area contributed by atoms with Gasteiger partial charge in [-0.2, -0.15) is 0 Å². The fourth-order valence-electron chi connectivity index (χ4n) is 7.61. The van der Waals surface area contributed by atoms with Gasteiger partial charge in [-0.3, -0.25) is 19.2 Å². The summed E-state index contributed by atoms with van der Waals surface area (Å²) in [5.74, 6) is -6.84. The van der Waals surface area contributed by atoms with Crippen LogP contribution in [0.5, 0.6) is 11.5 Å². The number of rotatable bonds is 4. The molecule has 12 heteroatoms. The summed E-state index contributed by atoms with van der Waals surface area (Å²) < 4.78 is 19.3. The minimum atomic E-state index is -2.19. The summed E-state index contributed by atoms with van der Waals surface area (Å²) in [7, 11) is 1.43. The molecule has 3 aromatic carbocycles. The quantitative estimate of drug-likeness (QED) is 0.198. The van der Waals surface area contributed by atoms with Crippen molar-refractivity contribution in [1.29, 1.82) is 0 Å². The largest absolute Gasteiger partial charge is 0.508 e. The van der Waals surface area contributed by atoms with Gasteiger partial charge in [0, 0.05) is 16.5 Å². The number of imide groups is 2. The molecule has 2 aliphatic heterocycles. The van der Waals surface area contributed by atoms with Crippen LogP contribution in [0.2, 0.25) is 5.02 Å². The van der Waals surface area contributed by atoms with E-state index in [0.29, 0.717) is 22.0 Å². The van der Waals surface area contributed by atoms with Crippen LogP contribution in [0.3, 0.4) is 0 Å². The topological polar surface area (TPSA) is 104 Å². The molecule has 0 aromatic heterocycles. The smallest absolute Gasteiger partial charge is 0.258 e. The number of hydrogen-bond acceptors (Lipinski definition) is 6. The van der Waals surface area contributed by atoms with Crippen LogP contribution < -0.4 is 14.5 Å². The molecule has 46 heavy (non-hydrogen) atoms. The number of nitrogens with zero attached hydrogens (tertiary/aromatic N) is 2. The highest BCUT2D eigenvalue weighted by Crippen LogP contribution is 2.66. The number of carbonyl (C=O) groups is 4. The first kappa shape index (κ1) is 30.7. The van der Waals surface area contributed by atoms with E-state index in [4.69, 9.17) is 39.5 Å². The lowest BCUT2D eigenvalue weighted by Gasteiger charge is -2.50. The first-order valence-electron chi connectivity index (χ1n) is 14.6. The summed E-state index contributed by atoms with van der Waals surface area (Å²) in [6.07, 6.45) is 1.66. The van der Waals surface area contributed by atoms with Gasteiger partial charge in [0.05, 0.1) is 30.3 Å². The van der Waals surface area contributed by atoms with Crippen LogP contribution in [0.25, 0.3) is 0 Å². The van der Waals surface area contributed by atoms with Crippen LogP contribution in [0.4, 0.5) is 15.8 Å². The van der Waals surface area contributed by atoms with E-state index in [1.54, 1.807) is 31.2 Å². The molecule has 8 nitrogen and oxygen atoms in total.